The maximum absolute atomic E-state index is 13.6. The Bertz CT molecular complexity index is 1120. The van der Waals surface area contributed by atoms with Gasteiger partial charge < -0.3 is 20.2 Å². The number of carboxylic acid groups (broad SMARTS) is 1. The summed E-state index contributed by atoms with van der Waals surface area (Å²) >= 11 is 0. The molecule has 2 aromatic rings. The lowest BCUT2D eigenvalue weighted by Gasteiger charge is -2.40. The molecule has 0 radical (unpaired) electrons. The van der Waals surface area contributed by atoms with Crippen LogP contribution in [0.2, 0.25) is 0 Å². The smallest absolute Gasteiger partial charge is 0.416 e. The Morgan fingerprint density at radius 3 is 2.05 bits per heavy atom. The van der Waals surface area contributed by atoms with Gasteiger partial charge >= 0.3 is 18.4 Å². The molecule has 1 aliphatic heterocycles. The maximum atomic E-state index is 13.6. The summed E-state index contributed by atoms with van der Waals surface area (Å²) in [6, 6.07) is 3.36. The van der Waals surface area contributed by atoms with E-state index in [-0.39, 0.29) is 18.2 Å². The van der Waals surface area contributed by atoms with E-state index in [9.17, 15) is 35.5 Å². The average Bonchev–Trinajstić information content (AvgIpc) is 2.81. The molecule has 210 valence electrons. The molecule has 1 aliphatic rings. The fraction of sp³-hybridized carbons (Fsp3) is 0.440. The number of carbonyl (C=O) groups is 2. The number of nitrogens with zero attached hydrogens (tertiary/aromatic N) is 2. The van der Waals surface area contributed by atoms with E-state index in [0.29, 0.717) is 36.3 Å². The van der Waals surface area contributed by atoms with Gasteiger partial charge in [-0.3, -0.25) is 4.79 Å². The Labute approximate surface area is 215 Å². The van der Waals surface area contributed by atoms with Crippen molar-refractivity contribution in [1.29, 1.82) is 0 Å². The van der Waals surface area contributed by atoms with Crippen LogP contribution in [0.4, 0.5) is 35.5 Å². The van der Waals surface area contributed by atoms with Crippen LogP contribution in [-0.4, -0.2) is 53.6 Å². The number of aryl methyl sites for hydroxylation is 1. The monoisotopic (exact) mass is 551 g/mol. The Balaban J connectivity index is 0.00000118. The highest BCUT2D eigenvalue weighted by molar-refractivity contribution is 5.75. The first kappa shape index (κ1) is 30.9. The van der Waals surface area contributed by atoms with Gasteiger partial charge in [0.25, 0.3) is 5.97 Å². The van der Waals surface area contributed by atoms with Crippen LogP contribution in [0.1, 0.15) is 53.7 Å². The number of halogens is 7. The van der Waals surface area contributed by atoms with Gasteiger partial charge in [-0.2, -0.15) is 26.3 Å². The van der Waals surface area contributed by atoms with Gasteiger partial charge in [-0.25, -0.2) is 9.18 Å². The van der Waals surface area contributed by atoms with Crippen molar-refractivity contribution >= 4 is 12.0 Å². The molecule has 0 aliphatic carbocycles. The van der Waals surface area contributed by atoms with Crippen molar-refractivity contribution in [2.75, 3.05) is 26.7 Å². The summed E-state index contributed by atoms with van der Waals surface area (Å²) in [4.78, 5) is 25.0. The number of urea groups is 1. The Morgan fingerprint density at radius 2 is 1.58 bits per heavy atom. The van der Waals surface area contributed by atoms with Gasteiger partial charge in [0.15, 0.2) is 0 Å². The highest BCUT2D eigenvalue weighted by atomic mass is 19.4. The fourth-order valence-corrected chi connectivity index (χ4v) is 4.04. The van der Waals surface area contributed by atoms with E-state index in [1.807, 2.05) is 0 Å². The van der Waals surface area contributed by atoms with E-state index in [4.69, 9.17) is 9.90 Å². The fourth-order valence-electron chi connectivity index (χ4n) is 4.04. The SMILES string of the molecule is CC(=O)O.Cc1cc(F)ccc1[C@H]1CNCCN1C(=O)N(C)[C@H](C)c1cc(C(F)(F)F)cc(C(F)(F)F)c1. The Hall–Kier alpha value is -3.35. The third-order valence-corrected chi connectivity index (χ3v) is 6.06. The van der Waals surface area contributed by atoms with Gasteiger partial charge in [0.05, 0.1) is 23.2 Å². The zero-order valence-electron chi connectivity index (χ0n) is 21.0. The number of nitrogens with one attached hydrogen (secondary N) is 1. The molecule has 0 unspecified atom stereocenters. The topological polar surface area (TPSA) is 72.9 Å². The van der Waals surface area contributed by atoms with Crippen molar-refractivity contribution in [3.05, 3.63) is 70.0 Å². The molecule has 38 heavy (non-hydrogen) atoms. The first-order valence-electron chi connectivity index (χ1n) is 11.4. The second-order valence-corrected chi connectivity index (χ2v) is 8.84. The summed E-state index contributed by atoms with van der Waals surface area (Å²) in [6.07, 6.45) is -9.97. The lowest BCUT2D eigenvalue weighted by Crippen LogP contribution is -2.52. The number of benzene rings is 2. The molecule has 2 amide bonds. The van der Waals surface area contributed by atoms with E-state index in [2.05, 4.69) is 5.32 Å². The number of aliphatic carboxylic acids is 1. The van der Waals surface area contributed by atoms with Crippen molar-refractivity contribution in [2.24, 2.45) is 0 Å². The van der Waals surface area contributed by atoms with Crippen molar-refractivity contribution < 1.29 is 45.4 Å². The number of amides is 2. The quantitative estimate of drug-likeness (QED) is 0.458. The molecular formula is C25H28F7N3O3. The van der Waals surface area contributed by atoms with E-state index in [0.717, 1.165) is 11.8 Å². The second-order valence-electron chi connectivity index (χ2n) is 8.84. The minimum Gasteiger partial charge on any atom is -0.481 e. The van der Waals surface area contributed by atoms with Crippen molar-refractivity contribution in [3.8, 4) is 0 Å². The van der Waals surface area contributed by atoms with Crippen LogP contribution in [0.3, 0.4) is 0 Å². The van der Waals surface area contributed by atoms with Crippen LogP contribution in [0.25, 0.3) is 0 Å². The molecule has 1 heterocycles. The zero-order chi connectivity index (χ0) is 29.0. The molecule has 0 aromatic heterocycles. The molecule has 3 rings (SSSR count). The maximum Gasteiger partial charge on any atom is 0.416 e. The van der Waals surface area contributed by atoms with Crippen molar-refractivity contribution in [1.82, 2.24) is 15.1 Å². The molecular weight excluding hydrogens is 523 g/mol. The van der Waals surface area contributed by atoms with Crippen LogP contribution in [0.15, 0.2) is 36.4 Å². The molecule has 2 aromatic carbocycles. The van der Waals surface area contributed by atoms with Gasteiger partial charge in [0.1, 0.15) is 5.82 Å². The molecule has 0 spiro atoms. The first-order valence-corrected chi connectivity index (χ1v) is 11.4. The minimum absolute atomic E-state index is 0.0572. The number of rotatable bonds is 3. The molecule has 0 saturated carbocycles. The van der Waals surface area contributed by atoms with E-state index in [1.165, 1.54) is 31.0 Å². The Kier molecular flexibility index (Phi) is 9.76. The molecule has 1 fully saturated rings. The summed E-state index contributed by atoms with van der Waals surface area (Å²) in [5, 5.41) is 10.6. The molecule has 0 bridgehead atoms. The average molecular weight is 552 g/mol. The summed E-state index contributed by atoms with van der Waals surface area (Å²) in [5.41, 5.74) is -1.85. The number of hydrogen-bond donors (Lipinski definition) is 2. The summed E-state index contributed by atoms with van der Waals surface area (Å²) in [5.74, 6) is -1.27. The highest BCUT2D eigenvalue weighted by Crippen LogP contribution is 2.38. The van der Waals surface area contributed by atoms with Gasteiger partial charge in [-0.1, -0.05) is 6.07 Å². The van der Waals surface area contributed by atoms with Gasteiger partial charge in [-0.15, -0.1) is 0 Å². The van der Waals surface area contributed by atoms with Gasteiger partial charge in [0, 0.05) is 33.6 Å². The highest BCUT2D eigenvalue weighted by Gasteiger charge is 2.38. The van der Waals surface area contributed by atoms with Crippen molar-refractivity contribution in [2.45, 2.75) is 45.2 Å². The number of carbonyl (C=O) groups excluding carboxylic acids is 1. The zero-order valence-corrected chi connectivity index (χ0v) is 21.0. The third kappa shape index (κ3) is 7.83. The van der Waals surface area contributed by atoms with Crippen LogP contribution in [-0.2, 0) is 17.1 Å². The Morgan fingerprint density at radius 1 is 1.05 bits per heavy atom. The molecule has 13 heteroatoms. The molecule has 2 atom stereocenters. The van der Waals surface area contributed by atoms with Gasteiger partial charge in [0.2, 0.25) is 0 Å². The second kappa shape index (κ2) is 12.0. The third-order valence-electron chi connectivity index (χ3n) is 6.06. The van der Waals surface area contributed by atoms with E-state index < -0.39 is 53.4 Å². The molecule has 6 nitrogen and oxygen atoms in total. The van der Waals surface area contributed by atoms with Crippen LogP contribution in [0.5, 0.6) is 0 Å². The normalized spacial score (nSPS) is 16.8. The van der Waals surface area contributed by atoms with Crippen LogP contribution >= 0.6 is 0 Å². The molecule has 1 saturated heterocycles. The molecule has 2 N–H and O–H groups in total. The minimum atomic E-state index is -4.98. The van der Waals surface area contributed by atoms with Crippen LogP contribution < -0.4 is 5.32 Å². The number of carboxylic acids is 1. The lowest BCUT2D eigenvalue weighted by atomic mass is 9.98. The van der Waals surface area contributed by atoms with E-state index >= 15 is 0 Å². The predicted octanol–water partition coefficient (Wildman–Crippen LogP) is 6.02. The summed E-state index contributed by atoms with van der Waals surface area (Å²) in [6.45, 7) is 5.22. The summed E-state index contributed by atoms with van der Waals surface area (Å²) in [7, 11) is 1.33. The van der Waals surface area contributed by atoms with Gasteiger partial charge in [-0.05, 0) is 60.9 Å². The number of alkyl halides is 6. The number of hydrogen-bond acceptors (Lipinski definition) is 3. The predicted molar refractivity (Wildman–Crippen MR) is 125 cm³/mol. The largest absolute Gasteiger partial charge is 0.481 e. The van der Waals surface area contributed by atoms with Crippen molar-refractivity contribution in [3.63, 3.8) is 0 Å². The summed E-state index contributed by atoms with van der Waals surface area (Å²) < 4.78 is 93.2. The standard InChI is InChI=1S/C23H24F7N3O.C2H4O2/c1-13-8-18(24)4-5-19(13)20-12-31-6-7-33(20)21(34)32(3)14(2)15-9-16(22(25,26)27)11-17(10-15)23(28,29)30;1-2(3)4/h4-5,8-11,14,20,31H,6-7,12H2,1-3H3;1H3,(H,3,4)/t14-,20-;/m1./s1. The number of piperazine rings is 1. The first-order chi connectivity index (χ1) is 17.4. The van der Waals surface area contributed by atoms with Crippen LogP contribution in [0, 0.1) is 12.7 Å². The van der Waals surface area contributed by atoms with E-state index in [1.54, 1.807) is 13.0 Å². The lowest BCUT2D eigenvalue weighted by molar-refractivity contribution is -0.143.